The molecule has 0 radical (unpaired) electrons. The van der Waals surface area contributed by atoms with Crippen LogP contribution in [0.2, 0.25) is 0 Å². The second-order valence-corrected chi connectivity index (χ2v) is 5.75. The molecule has 0 aliphatic heterocycles. The maximum Gasteiger partial charge on any atom is 0.328 e. The summed E-state index contributed by atoms with van der Waals surface area (Å²) >= 11 is 0. The SMILES string of the molecule is Cc1cc(S(=O)(=O)NCC(N)=O)ccc1C=CC(=O)O. The summed E-state index contributed by atoms with van der Waals surface area (Å²) in [5, 5.41) is 8.54. The Hall–Kier alpha value is -2.19. The van der Waals surface area contributed by atoms with Gasteiger partial charge < -0.3 is 10.8 Å². The van der Waals surface area contributed by atoms with E-state index in [4.69, 9.17) is 10.8 Å². The molecule has 0 fully saturated rings. The van der Waals surface area contributed by atoms with E-state index in [1.165, 1.54) is 24.3 Å². The summed E-state index contributed by atoms with van der Waals surface area (Å²) in [4.78, 5) is 21.0. The fourth-order valence-electron chi connectivity index (χ4n) is 1.41. The van der Waals surface area contributed by atoms with Gasteiger partial charge in [0.25, 0.3) is 0 Å². The molecule has 0 heterocycles. The number of aryl methyl sites for hydroxylation is 1. The number of carboxylic acids is 1. The molecule has 108 valence electrons. The highest BCUT2D eigenvalue weighted by molar-refractivity contribution is 7.89. The number of benzene rings is 1. The maximum atomic E-state index is 11.8. The third-order valence-electron chi connectivity index (χ3n) is 2.39. The molecule has 7 nitrogen and oxygen atoms in total. The first-order valence-electron chi connectivity index (χ1n) is 5.52. The first kappa shape index (κ1) is 15.9. The molecule has 1 aromatic rings. The summed E-state index contributed by atoms with van der Waals surface area (Å²) in [5.74, 6) is -1.88. The van der Waals surface area contributed by atoms with Crippen LogP contribution in [0.4, 0.5) is 0 Å². The summed E-state index contributed by atoms with van der Waals surface area (Å²) in [6.45, 7) is 1.16. The van der Waals surface area contributed by atoms with Gasteiger partial charge >= 0.3 is 5.97 Å². The fraction of sp³-hybridized carbons (Fsp3) is 0.167. The van der Waals surface area contributed by atoms with Crippen LogP contribution in [0.5, 0.6) is 0 Å². The molecule has 8 heteroatoms. The maximum absolute atomic E-state index is 11.8. The number of hydrogen-bond acceptors (Lipinski definition) is 4. The lowest BCUT2D eigenvalue weighted by atomic mass is 10.1. The van der Waals surface area contributed by atoms with E-state index >= 15 is 0 Å². The zero-order valence-electron chi connectivity index (χ0n) is 10.7. The predicted molar refractivity (Wildman–Crippen MR) is 72.2 cm³/mol. The lowest BCUT2D eigenvalue weighted by Crippen LogP contribution is -2.33. The van der Waals surface area contributed by atoms with E-state index in [0.29, 0.717) is 11.1 Å². The van der Waals surface area contributed by atoms with Gasteiger partial charge in [0.05, 0.1) is 11.4 Å². The predicted octanol–water partition coefficient (Wildman–Crippen LogP) is -0.144. The molecule has 1 amide bonds. The molecule has 20 heavy (non-hydrogen) atoms. The van der Waals surface area contributed by atoms with Gasteiger partial charge in [0.2, 0.25) is 15.9 Å². The number of aliphatic carboxylic acids is 1. The third kappa shape index (κ3) is 4.48. The van der Waals surface area contributed by atoms with Gasteiger partial charge in [-0.05, 0) is 36.3 Å². The Morgan fingerprint density at radius 1 is 1.40 bits per heavy atom. The molecule has 0 saturated carbocycles. The Kier molecular flexibility index (Phi) is 5.00. The average molecular weight is 298 g/mol. The lowest BCUT2D eigenvalue weighted by molar-refractivity contribution is -0.131. The first-order valence-corrected chi connectivity index (χ1v) is 7.00. The first-order chi connectivity index (χ1) is 9.22. The van der Waals surface area contributed by atoms with Crippen molar-refractivity contribution in [2.75, 3.05) is 6.54 Å². The number of nitrogens with two attached hydrogens (primary N) is 1. The molecule has 0 aliphatic carbocycles. The zero-order valence-corrected chi connectivity index (χ0v) is 11.5. The summed E-state index contributed by atoms with van der Waals surface area (Å²) in [7, 11) is -3.82. The number of hydrogen-bond donors (Lipinski definition) is 3. The van der Waals surface area contributed by atoms with Crippen LogP contribution in [0.3, 0.4) is 0 Å². The molecule has 0 saturated heterocycles. The normalized spacial score (nSPS) is 11.7. The van der Waals surface area contributed by atoms with E-state index in [1.54, 1.807) is 6.92 Å². The fourth-order valence-corrected chi connectivity index (χ4v) is 2.49. The van der Waals surface area contributed by atoms with Crippen molar-refractivity contribution in [3.05, 3.63) is 35.4 Å². The number of amides is 1. The minimum Gasteiger partial charge on any atom is -0.478 e. The number of primary amides is 1. The minimum absolute atomic E-state index is 0.0243. The van der Waals surface area contributed by atoms with Crippen molar-refractivity contribution >= 4 is 28.0 Å². The van der Waals surface area contributed by atoms with Crippen LogP contribution in [-0.4, -0.2) is 31.9 Å². The number of nitrogens with one attached hydrogen (secondary N) is 1. The van der Waals surface area contributed by atoms with E-state index in [1.807, 2.05) is 0 Å². The van der Waals surface area contributed by atoms with Gasteiger partial charge in [0.15, 0.2) is 0 Å². The molecule has 0 unspecified atom stereocenters. The Labute approximate surface area is 116 Å². The molecular formula is C12H14N2O5S. The number of carboxylic acid groups (broad SMARTS) is 1. The Morgan fingerprint density at radius 2 is 2.05 bits per heavy atom. The van der Waals surface area contributed by atoms with E-state index in [9.17, 15) is 18.0 Å². The van der Waals surface area contributed by atoms with Crippen molar-refractivity contribution in [1.29, 1.82) is 0 Å². The summed E-state index contributed by atoms with van der Waals surface area (Å²) in [5.41, 5.74) is 6.04. The van der Waals surface area contributed by atoms with Crippen molar-refractivity contribution in [2.45, 2.75) is 11.8 Å². The van der Waals surface area contributed by atoms with Gasteiger partial charge in [0.1, 0.15) is 0 Å². The minimum atomic E-state index is -3.82. The van der Waals surface area contributed by atoms with Crippen LogP contribution in [0, 0.1) is 6.92 Å². The summed E-state index contributed by atoms with van der Waals surface area (Å²) < 4.78 is 25.7. The van der Waals surface area contributed by atoms with Crippen molar-refractivity contribution in [1.82, 2.24) is 4.72 Å². The Balaban J connectivity index is 3.02. The van der Waals surface area contributed by atoms with Crippen LogP contribution in [0.1, 0.15) is 11.1 Å². The molecule has 0 aliphatic rings. The highest BCUT2D eigenvalue weighted by Gasteiger charge is 2.15. The quantitative estimate of drug-likeness (QED) is 0.630. The molecule has 4 N–H and O–H groups in total. The summed E-state index contributed by atoms with van der Waals surface area (Å²) in [6.07, 6.45) is 2.33. The van der Waals surface area contributed by atoms with E-state index in [0.717, 1.165) is 6.08 Å². The number of carbonyl (C=O) groups excluding carboxylic acids is 1. The van der Waals surface area contributed by atoms with Crippen LogP contribution < -0.4 is 10.5 Å². The van der Waals surface area contributed by atoms with Crippen LogP contribution in [0.15, 0.2) is 29.2 Å². The monoisotopic (exact) mass is 298 g/mol. The average Bonchev–Trinajstić information content (AvgIpc) is 2.34. The smallest absolute Gasteiger partial charge is 0.328 e. The van der Waals surface area contributed by atoms with E-state index in [-0.39, 0.29) is 4.90 Å². The molecule has 0 spiro atoms. The van der Waals surface area contributed by atoms with Gasteiger partial charge in [-0.3, -0.25) is 4.79 Å². The van der Waals surface area contributed by atoms with Crippen LogP contribution in [0.25, 0.3) is 6.08 Å². The molecule has 0 atom stereocenters. The van der Waals surface area contributed by atoms with Crippen molar-refractivity contribution in [3.63, 3.8) is 0 Å². The Bertz CT molecular complexity index is 664. The van der Waals surface area contributed by atoms with Crippen molar-refractivity contribution < 1.29 is 23.1 Å². The third-order valence-corrected chi connectivity index (χ3v) is 3.79. The number of sulfonamides is 1. The van der Waals surface area contributed by atoms with Crippen LogP contribution >= 0.6 is 0 Å². The van der Waals surface area contributed by atoms with Gasteiger partial charge in [-0.25, -0.2) is 17.9 Å². The zero-order chi connectivity index (χ0) is 15.3. The van der Waals surface area contributed by atoms with E-state index < -0.39 is 28.4 Å². The molecule has 0 bridgehead atoms. The molecular weight excluding hydrogens is 284 g/mol. The molecule has 1 aromatic carbocycles. The molecule has 1 rings (SSSR count). The van der Waals surface area contributed by atoms with Crippen molar-refractivity contribution in [2.24, 2.45) is 5.73 Å². The Morgan fingerprint density at radius 3 is 2.55 bits per heavy atom. The van der Waals surface area contributed by atoms with Gasteiger partial charge in [0, 0.05) is 6.08 Å². The number of carbonyl (C=O) groups is 2. The van der Waals surface area contributed by atoms with Gasteiger partial charge in [-0.15, -0.1) is 0 Å². The van der Waals surface area contributed by atoms with Gasteiger partial charge in [-0.1, -0.05) is 6.07 Å². The molecule has 0 aromatic heterocycles. The van der Waals surface area contributed by atoms with E-state index in [2.05, 4.69) is 4.72 Å². The lowest BCUT2D eigenvalue weighted by Gasteiger charge is -2.07. The van der Waals surface area contributed by atoms with Crippen LogP contribution in [-0.2, 0) is 19.6 Å². The van der Waals surface area contributed by atoms with Gasteiger partial charge in [-0.2, -0.15) is 0 Å². The number of rotatable bonds is 6. The summed E-state index contributed by atoms with van der Waals surface area (Å²) in [6, 6.07) is 4.18. The second kappa shape index (κ2) is 6.31. The largest absolute Gasteiger partial charge is 0.478 e. The highest BCUT2D eigenvalue weighted by atomic mass is 32.2. The van der Waals surface area contributed by atoms with Crippen molar-refractivity contribution in [3.8, 4) is 0 Å². The standard InChI is InChI=1S/C12H14N2O5S/c1-8-6-10(20(18,19)14-7-11(13)15)4-2-9(8)3-5-12(16)17/h2-6,14H,7H2,1H3,(H2,13,15)(H,16,17). The second-order valence-electron chi connectivity index (χ2n) is 3.98. The highest BCUT2D eigenvalue weighted by Crippen LogP contribution is 2.16. The topological polar surface area (TPSA) is 127 Å².